The molecule has 110 valence electrons. The van der Waals surface area contributed by atoms with Crippen LogP contribution in [0, 0.1) is 0 Å². The molecule has 2 N–H and O–H groups in total. The van der Waals surface area contributed by atoms with Crippen molar-refractivity contribution in [2.45, 2.75) is 6.42 Å². The Hall–Kier alpha value is -1.91. The fourth-order valence-electron chi connectivity index (χ4n) is 2.74. The Labute approximate surface area is 125 Å². The third kappa shape index (κ3) is 3.60. The third-order valence-electron chi connectivity index (χ3n) is 3.93. The van der Waals surface area contributed by atoms with Crippen molar-refractivity contribution in [2.24, 2.45) is 0 Å². The molecule has 0 aromatic heterocycles. The van der Waals surface area contributed by atoms with Crippen LogP contribution in [0.1, 0.15) is 6.42 Å². The Morgan fingerprint density at radius 1 is 1.10 bits per heavy atom. The SMILES string of the molecule is O=C(CCN1CCNCC1)Nc1cccc2ccccc12. The van der Waals surface area contributed by atoms with Crippen molar-refractivity contribution in [1.29, 1.82) is 0 Å². The molecular formula is C17H21N3O. The van der Waals surface area contributed by atoms with Crippen molar-refractivity contribution < 1.29 is 4.79 Å². The smallest absolute Gasteiger partial charge is 0.225 e. The lowest BCUT2D eigenvalue weighted by Crippen LogP contribution is -2.44. The number of nitrogens with one attached hydrogen (secondary N) is 2. The second kappa shape index (κ2) is 6.70. The molecule has 1 aliphatic heterocycles. The monoisotopic (exact) mass is 283 g/mol. The fourth-order valence-corrected chi connectivity index (χ4v) is 2.74. The molecule has 1 amide bonds. The van der Waals surface area contributed by atoms with Gasteiger partial charge in [0.1, 0.15) is 0 Å². The Balaban J connectivity index is 1.61. The molecule has 2 aromatic carbocycles. The summed E-state index contributed by atoms with van der Waals surface area (Å²) in [7, 11) is 0. The van der Waals surface area contributed by atoms with E-state index in [1.54, 1.807) is 0 Å². The molecule has 4 heteroatoms. The number of benzene rings is 2. The minimum Gasteiger partial charge on any atom is -0.325 e. The highest BCUT2D eigenvalue weighted by atomic mass is 16.1. The van der Waals surface area contributed by atoms with Gasteiger partial charge in [0.05, 0.1) is 0 Å². The number of nitrogens with zero attached hydrogens (tertiary/aromatic N) is 1. The van der Waals surface area contributed by atoms with Gasteiger partial charge in [0.15, 0.2) is 0 Å². The molecule has 2 aromatic rings. The van der Waals surface area contributed by atoms with Gasteiger partial charge in [0.2, 0.25) is 5.91 Å². The number of hydrogen-bond acceptors (Lipinski definition) is 3. The average Bonchev–Trinajstić information content (AvgIpc) is 2.54. The largest absolute Gasteiger partial charge is 0.325 e. The lowest BCUT2D eigenvalue weighted by atomic mass is 10.1. The summed E-state index contributed by atoms with van der Waals surface area (Å²) in [6.07, 6.45) is 0.545. The van der Waals surface area contributed by atoms with Crippen LogP contribution in [0.15, 0.2) is 42.5 Å². The number of piperazine rings is 1. The van der Waals surface area contributed by atoms with Crippen molar-refractivity contribution in [2.75, 3.05) is 38.0 Å². The molecule has 0 saturated carbocycles. The van der Waals surface area contributed by atoms with Crippen molar-refractivity contribution in [3.63, 3.8) is 0 Å². The van der Waals surface area contributed by atoms with E-state index in [-0.39, 0.29) is 5.91 Å². The zero-order valence-electron chi connectivity index (χ0n) is 12.1. The van der Waals surface area contributed by atoms with Gasteiger partial charge in [-0.05, 0) is 11.5 Å². The van der Waals surface area contributed by atoms with E-state index >= 15 is 0 Å². The van der Waals surface area contributed by atoms with Crippen molar-refractivity contribution in [3.8, 4) is 0 Å². The van der Waals surface area contributed by atoms with Crippen molar-refractivity contribution >= 4 is 22.4 Å². The molecule has 21 heavy (non-hydrogen) atoms. The molecule has 0 bridgehead atoms. The third-order valence-corrected chi connectivity index (χ3v) is 3.93. The fraction of sp³-hybridized carbons (Fsp3) is 0.353. The van der Waals surface area contributed by atoms with Crippen LogP contribution in [-0.2, 0) is 4.79 Å². The Morgan fingerprint density at radius 2 is 1.86 bits per heavy atom. The summed E-state index contributed by atoms with van der Waals surface area (Å²) >= 11 is 0. The molecule has 3 rings (SSSR count). The first-order valence-corrected chi connectivity index (χ1v) is 7.53. The van der Waals surface area contributed by atoms with E-state index in [4.69, 9.17) is 0 Å². The molecule has 1 fully saturated rings. The number of fused-ring (bicyclic) bond motifs is 1. The second-order valence-electron chi connectivity index (χ2n) is 5.42. The zero-order chi connectivity index (χ0) is 14.5. The number of carbonyl (C=O) groups is 1. The van der Waals surface area contributed by atoms with E-state index in [0.29, 0.717) is 6.42 Å². The van der Waals surface area contributed by atoms with Crippen LogP contribution in [0.5, 0.6) is 0 Å². The van der Waals surface area contributed by atoms with Crippen LogP contribution >= 0.6 is 0 Å². The highest BCUT2D eigenvalue weighted by Crippen LogP contribution is 2.22. The lowest BCUT2D eigenvalue weighted by Gasteiger charge is -2.26. The van der Waals surface area contributed by atoms with Crippen molar-refractivity contribution in [1.82, 2.24) is 10.2 Å². The Morgan fingerprint density at radius 3 is 2.71 bits per heavy atom. The van der Waals surface area contributed by atoms with Gasteiger partial charge in [-0.15, -0.1) is 0 Å². The van der Waals surface area contributed by atoms with Gasteiger partial charge in [0.25, 0.3) is 0 Å². The van der Waals surface area contributed by atoms with E-state index < -0.39 is 0 Å². The maximum Gasteiger partial charge on any atom is 0.225 e. The molecule has 0 radical (unpaired) electrons. The van der Waals surface area contributed by atoms with Gasteiger partial charge in [-0.1, -0.05) is 36.4 Å². The van der Waals surface area contributed by atoms with E-state index in [1.807, 2.05) is 30.3 Å². The predicted molar refractivity (Wildman–Crippen MR) is 86.5 cm³/mol. The van der Waals surface area contributed by atoms with Gasteiger partial charge in [-0.2, -0.15) is 0 Å². The van der Waals surface area contributed by atoms with Crippen LogP contribution in [-0.4, -0.2) is 43.5 Å². The summed E-state index contributed by atoms with van der Waals surface area (Å²) in [6.45, 7) is 4.93. The summed E-state index contributed by atoms with van der Waals surface area (Å²) in [5, 5.41) is 8.61. The lowest BCUT2D eigenvalue weighted by molar-refractivity contribution is -0.116. The van der Waals surface area contributed by atoms with Crippen LogP contribution in [0.2, 0.25) is 0 Å². The predicted octanol–water partition coefficient (Wildman–Crippen LogP) is 2.07. The first-order chi connectivity index (χ1) is 10.3. The number of anilines is 1. The highest BCUT2D eigenvalue weighted by molar-refractivity contribution is 6.02. The summed E-state index contributed by atoms with van der Waals surface area (Å²) in [5.74, 6) is 0.0879. The van der Waals surface area contributed by atoms with Crippen LogP contribution in [0.3, 0.4) is 0 Å². The molecule has 0 spiro atoms. The van der Waals surface area contributed by atoms with Gasteiger partial charge in [-0.3, -0.25) is 4.79 Å². The summed E-state index contributed by atoms with van der Waals surface area (Å²) in [6, 6.07) is 14.1. The number of carbonyl (C=O) groups excluding carboxylic acids is 1. The van der Waals surface area contributed by atoms with Crippen LogP contribution in [0.4, 0.5) is 5.69 Å². The summed E-state index contributed by atoms with van der Waals surface area (Å²) in [5.41, 5.74) is 0.901. The van der Waals surface area contributed by atoms with E-state index in [2.05, 4.69) is 27.7 Å². The number of amides is 1. The second-order valence-corrected chi connectivity index (χ2v) is 5.42. The first kappa shape index (κ1) is 14.0. The molecule has 0 aliphatic carbocycles. The molecule has 1 heterocycles. The number of hydrogen-bond donors (Lipinski definition) is 2. The summed E-state index contributed by atoms with van der Waals surface area (Å²) in [4.78, 5) is 14.5. The minimum atomic E-state index is 0.0879. The molecule has 1 saturated heterocycles. The standard InChI is InChI=1S/C17H21N3O/c21-17(8-11-20-12-9-18-10-13-20)19-16-7-3-5-14-4-1-2-6-15(14)16/h1-7,18H,8-13H2,(H,19,21). The molecule has 0 unspecified atom stereocenters. The zero-order valence-corrected chi connectivity index (χ0v) is 12.1. The van der Waals surface area contributed by atoms with Gasteiger partial charge in [0, 0.05) is 50.2 Å². The highest BCUT2D eigenvalue weighted by Gasteiger charge is 2.11. The molecular weight excluding hydrogens is 262 g/mol. The van der Waals surface area contributed by atoms with Crippen molar-refractivity contribution in [3.05, 3.63) is 42.5 Å². The molecule has 0 atom stereocenters. The van der Waals surface area contributed by atoms with E-state index in [0.717, 1.165) is 49.2 Å². The maximum absolute atomic E-state index is 12.1. The van der Waals surface area contributed by atoms with Gasteiger partial charge in [-0.25, -0.2) is 0 Å². The topological polar surface area (TPSA) is 44.4 Å². The molecule has 4 nitrogen and oxygen atoms in total. The quantitative estimate of drug-likeness (QED) is 0.903. The maximum atomic E-state index is 12.1. The van der Waals surface area contributed by atoms with Crippen LogP contribution in [0.25, 0.3) is 10.8 Å². The minimum absolute atomic E-state index is 0.0879. The molecule has 1 aliphatic rings. The van der Waals surface area contributed by atoms with Crippen LogP contribution < -0.4 is 10.6 Å². The normalized spacial score (nSPS) is 16.0. The Bertz CT molecular complexity index is 615. The Kier molecular flexibility index (Phi) is 4.48. The van der Waals surface area contributed by atoms with Gasteiger partial charge < -0.3 is 15.5 Å². The van der Waals surface area contributed by atoms with Gasteiger partial charge >= 0.3 is 0 Å². The average molecular weight is 283 g/mol. The van der Waals surface area contributed by atoms with E-state index in [1.165, 1.54) is 0 Å². The van der Waals surface area contributed by atoms with E-state index in [9.17, 15) is 4.79 Å². The first-order valence-electron chi connectivity index (χ1n) is 7.53. The number of rotatable bonds is 4. The summed E-state index contributed by atoms with van der Waals surface area (Å²) < 4.78 is 0.